The number of hydrogen-bond acceptors (Lipinski definition) is 4. The van der Waals surface area contributed by atoms with Gasteiger partial charge in [-0.25, -0.2) is 0 Å². The Bertz CT molecular complexity index is 572. The van der Waals surface area contributed by atoms with Crippen LogP contribution in [0.15, 0.2) is 42.7 Å². The molecule has 4 nitrogen and oxygen atoms in total. The first-order chi connectivity index (χ1) is 10.3. The molecule has 1 atom stereocenters. The molecule has 0 radical (unpaired) electrons. The molecule has 1 unspecified atom stereocenters. The summed E-state index contributed by atoms with van der Waals surface area (Å²) in [7, 11) is 3.59. The maximum atomic E-state index is 5.87. The van der Waals surface area contributed by atoms with Crippen molar-refractivity contribution < 1.29 is 9.47 Å². The molecule has 0 amide bonds. The Morgan fingerprint density at radius 3 is 2.62 bits per heavy atom. The molecule has 0 spiro atoms. The molecule has 0 saturated heterocycles. The van der Waals surface area contributed by atoms with Crippen molar-refractivity contribution >= 4 is 0 Å². The van der Waals surface area contributed by atoms with Crippen LogP contribution < -0.4 is 14.8 Å². The van der Waals surface area contributed by atoms with Gasteiger partial charge in [0.1, 0.15) is 11.5 Å². The first kappa shape index (κ1) is 15.3. The second-order valence-electron chi connectivity index (χ2n) is 4.73. The molecule has 0 aliphatic heterocycles. The lowest BCUT2D eigenvalue weighted by atomic mass is 9.98. The summed E-state index contributed by atoms with van der Waals surface area (Å²) in [4.78, 5) is 4.11. The zero-order chi connectivity index (χ0) is 15.1. The number of hydrogen-bond donors (Lipinski definition) is 1. The van der Waals surface area contributed by atoms with E-state index in [9.17, 15) is 0 Å². The lowest BCUT2D eigenvalue weighted by Gasteiger charge is -2.22. The van der Waals surface area contributed by atoms with Gasteiger partial charge in [0, 0.05) is 17.3 Å². The standard InChI is InChI=1S/C17H22N2O2/c1-4-11-21-15-8-6-5-7-13(15)17(18-2)14-9-10-19-12-16(14)20-3/h5-10,12,17-18H,4,11H2,1-3H3. The van der Waals surface area contributed by atoms with Crippen LogP contribution in [-0.4, -0.2) is 25.7 Å². The maximum Gasteiger partial charge on any atom is 0.142 e. The highest BCUT2D eigenvalue weighted by Gasteiger charge is 2.19. The van der Waals surface area contributed by atoms with E-state index in [1.54, 1.807) is 19.5 Å². The van der Waals surface area contributed by atoms with E-state index in [1.807, 2.05) is 31.3 Å². The van der Waals surface area contributed by atoms with Crippen molar-refractivity contribution in [2.45, 2.75) is 19.4 Å². The summed E-state index contributed by atoms with van der Waals surface area (Å²) in [5.41, 5.74) is 2.14. The Balaban J connectivity index is 2.41. The molecule has 0 aliphatic carbocycles. The second-order valence-corrected chi connectivity index (χ2v) is 4.73. The molecule has 0 fully saturated rings. The average molecular weight is 286 g/mol. The van der Waals surface area contributed by atoms with E-state index in [1.165, 1.54) is 0 Å². The van der Waals surface area contributed by atoms with Crippen molar-refractivity contribution in [2.24, 2.45) is 0 Å². The molecule has 0 aliphatic rings. The van der Waals surface area contributed by atoms with Crippen molar-refractivity contribution in [1.29, 1.82) is 0 Å². The van der Waals surface area contributed by atoms with Crippen molar-refractivity contribution in [3.8, 4) is 11.5 Å². The summed E-state index contributed by atoms with van der Waals surface area (Å²) in [5, 5.41) is 3.34. The maximum absolute atomic E-state index is 5.87. The van der Waals surface area contributed by atoms with Crippen LogP contribution in [0.1, 0.15) is 30.5 Å². The minimum Gasteiger partial charge on any atom is -0.495 e. The number of nitrogens with zero attached hydrogens (tertiary/aromatic N) is 1. The molecule has 0 bridgehead atoms. The van der Waals surface area contributed by atoms with Gasteiger partial charge in [-0.05, 0) is 25.6 Å². The van der Waals surface area contributed by atoms with Crippen LogP contribution in [0.4, 0.5) is 0 Å². The van der Waals surface area contributed by atoms with Crippen LogP contribution in [0.25, 0.3) is 0 Å². The van der Waals surface area contributed by atoms with E-state index < -0.39 is 0 Å². The fourth-order valence-electron chi connectivity index (χ4n) is 2.34. The highest BCUT2D eigenvalue weighted by molar-refractivity contribution is 5.45. The zero-order valence-electron chi connectivity index (χ0n) is 12.8. The van der Waals surface area contributed by atoms with Crippen LogP contribution in [-0.2, 0) is 0 Å². The van der Waals surface area contributed by atoms with Crippen molar-refractivity contribution in [3.05, 3.63) is 53.9 Å². The van der Waals surface area contributed by atoms with Crippen molar-refractivity contribution in [2.75, 3.05) is 20.8 Å². The SMILES string of the molecule is CCCOc1ccccc1C(NC)c1ccncc1OC. The summed E-state index contributed by atoms with van der Waals surface area (Å²) in [6.45, 7) is 2.81. The minimum atomic E-state index is -0.00370. The third-order valence-corrected chi connectivity index (χ3v) is 3.33. The molecule has 2 rings (SSSR count). The van der Waals surface area contributed by atoms with Gasteiger partial charge in [-0.3, -0.25) is 4.98 Å². The van der Waals surface area contributed by atoms with E-state index in [0.29, 0.717) is 6.61 Å². The highest BCUT2D eigenvalue weighted by Crippen LogP contribution is 2.33. The van der Waals surface area contributed by atoms with E-state index in [2.05, 4.69) is 23.3 Å². The van der Waals surface area contributed by atoms with Gasteiger partial charge in [0.25, 0.3) is 0 Å². The third kappa shape index (κ3) is 3.52. The van der Waals surface area contributed by atoms with Crippen LogP contribution >= 0.6 is 0 Å². The monoisotopic (exact) mass is 286 g/mol. The second kappa shape index (κ2) is 7.64. The Kier molecular flexibility index (Phi) is 5.58. The van der Waals surface area contributed by atoms with Gasteiger partial charge in [-0.1, -0.05) is 25.1 Å². The molecule has 1 aromatic heterocycles. The number of benzene rings is 1. The van der Waals surface area contributed by atoms with Crippen LogP contribution in [0.5, 0.6) is 11.5 Å². The summed E-state index contributed by atoms with van der Waals surface area (Å²) in [5.74, 6) is 1.67. The number of ether oxygens (including phenoxy) is 2. The van der Waals surface area contributed by atoms with Gasteiger partial charge in [0.15, 0.2) is 0 Å². The van der Waals surface area contributed by atoms with Gasteiger partial charge in [0.2, 0.25) is 0 Å². The van der Waals surface area contributed by atoms with Crippen LogP contribution in [0.2, 0.25) is 0 Å². The van der Waals surface area contributed by atoms with Gasteiger partial charge < -0.3 is 14.8 Å². The molecule has 112 valence electrons. The Morgan fingerprint density at radius 2 is 1.90 bits per heavy atom. The molecule has 2 aromatic rings. The van der Waals surface area contributed by atoms with Crippen molar-refractivity contribution in [1.82, 2.24) is 10.3 Å². The largest absolute Gasteiger partial charge is 0.495 e. The summed E-state index contributed by atoms with van der Waals surface area (Å²) < 4.78 is 11.3. The lowest BCUT2D eigenvalue weighted by molar-refractivity contribution is 0.311. The lowest BCUT2D eigenvalue weighted by Crippen LogP contribution is -2.19. The van der Waals surface area contributed by atoms with E-state index in [4.69, 9.17) is 9.47 Å². The van der Waals surface area contributed by atoms with E-state index in [-0.39, 0.29) is 6.04 Å². The summed E-state index contributed by atoms with van der Waals surface area (Å²) in [6.07, 6.45) is 4.49. The number of pyridine rings is 1. The Morgan fingerprint density at radius 1 is 1.14 bits per heavy atom. The molecule has 1 heterocycles. The summed E-state index contributed by atoms with van der Waals surface area (Å²) in [6, 6.07) is 10.1. The number of nitrogens with one attached hydrogen (secondary N) is 1. The van der Waals surface area contributed by atoms with Gasteiger partial charge in [0.05, 0.1) is 26.0 Å². The smallest absolute Gasteiger partial charge is 0.142 e. The Labute approximate surface area is 126 Å². The molecular formula is C17H22N2O2. The molecule has 1 aromatic carbocycles. The average Bonchev–Trinajstić information content (AvgIpc) is 2.55. The number of rotatable bonds is 7. The first-order valence-corrected chi connectivity index (χ1v) is 7.18. The first-order valence-electron chi connectivity index (χ1n) is 7.18. The van der Waals surface area contributed by atoms with Crippen LogP contribution in [0, 0.1) is 0 Å². The predicted molar refractivity (Wildman–Crippen MR) is 83.9 cm³/mol. The third-order valence-electron chi connectivity index (χ3n) is 3.33. The number of aromatic nitrogens is 1. The normalized spacial score (nSPS) is 12.0. The number of methoxy groups -OCH3 is 1. The van der Waals surface area contributed by atoms with E-state index >= 15 is 0 Å². The van der Waals surface area contributed by atoms with Gasteiger partial charge >= 0.3 is 0 Å². The predicted octanol–water partition coefficient (Wildman–Crippen LogP) is 3.19. The highest BCUT2D eigenvalue weighted by atomic mass is 16.5. The van der Waals surface area contributed by atoms with E-state index in [0.717, 1.165) is 29.0 Å². The fraction of sp³-hybridized carbons (Fsp3) is 0.353. The summed E-state index contributed by atoms with van der Waals surface area (Å²) >= 11 is 0. The number of para-hydroxylation sites is 1. The molecule has 21 heavy (non-hydrogen) atoms. The molecular weight excluding hydrogens is 264 g/mol. The van der Waals surface area contributed by atoms with Gasteiger partial charge in [-0.2, -0.15) is 0 Å². The molecule has 1 N–H and O–H groups in total. The minimum absolute atomic E-state index is 0.00370. The van der Waals surface area contributed by atoms with Gasteiger partial charge in [-0.15, -0.1) is 0 Å². The quantitative estimate of drug-likeness (QED) is 0.849. The topological polar surface area (TPSA) is 43.4 Å². The Hall–Kier alpha value is -2.07. The fourth-order valence-corrected chi connectivity index (χ4v) is 2.34. The van der Waals surface area contributed by atoms with Crippen LogP contribution in [0.3, 0.4) is 0 Å². The molecule has 4 heteroatoms. The van der Waals surface area contributed by atoms with Crippen molar-refractivity contribution in [3.63, 3.8) is 0 Å². The zero-order valence-corrected chi connectivity index (χ0v) is 12.8. The molecule has 0 saturated carbocycles.